The highest BCUT2D eigenvalue weighted by Crippen LogP contribution is 2.16. The Morgan fingerprint density at radius 3 is 2.68 bits per heavy atom. The molecular weight excluding hydrogens is 238 g/mol. The number of nitrogens with two attached hydrogens (primary N) is 1. The number of hydrogen-bond acceptors (Lipinski definition) is 4. The Balaban J connectivity index is 1.64. The van der Waals surface area contributed by atoms with Crippen LogP contribution in [-0.4, -0.2) is 68.3 Å². The summed E-state index contributed by atoms with van der Waals surface area (Å²) in [4.78, 5) is 5.21. The Bertz CT molecular complexity index is 244. The van der Waals surface area contributed by atoms with E-state index in [0.717, 1.165) is 19.7 Å². The summed E-state index contributed by atoms with van der Waals surface area (Å²) in [6.07, 6.45) is 5.59. The van der Waals surface area contributed by atoms with E-state index in [2.05, 4.69) is 16.7 Å². The highest BCUT2D eigenvalue weighted by Gasteiger charge is 2.19. The summed E-state index contributed by atoms with van der Waals surface area (Å²) in [7, 11) is 0. The van der Waals surface area contributed by atoms with Gasteiger partial charge in [0.25, 0.3) is 0 Å². The lowest BCUT2D eigenvalue weighted by Crippen LogP contribution is -2.35. The smallest absolute Gasteiger partial charge is 0.0588 e. The molecule has 0 aromatic heterocycles. The molecule has 2 N–H and O–H groups in total. The van der Waals surface area contributed by atoms with Gasteiger partial charge in [0.1, 0.15) is 0 Å². The molecule has 112 valence electrons. The summed E-state index contributed by atoms with van der Waals surface area (Å²) in [6, 6.07) is 0. The van der Waals surface area contributed by atoms with Crippen molar-refractivity contribution in [2.45, 2.75) is 38.7 Å². The molecule has 0 aromatic carbocycles. The van der Waals surface area contributed by atoms with E-state index in [0.29, 0.717) is 12.0 Å². The van der Waals surface area contributed by atoms with Gasteiger partial charge in [-0.25, -0.2) is 0 Å². The Kier molecular flexibility index (Phi) is 6.57. The summed E-state index contributed by atoms with van der Waals surface area (Å²) >= 11 is 0. The van der Waals surface area contributed by atoms with Crippen LogP contribution in [0.1, 0.15) is 32.6 Å². The lowest BCUT2D eigenvalue weighted by atomic mass is 10.1. The normalized spacial score (nSPS) is 28.4. The van der Waals surface area contributed by atoms with Crippen molar-refractivity contribution in [2.24, 2.45) is 11.7 Å². The van der Waals surface area contributed by atoms with Gasteiger partial charge < -0.3 is 20.3 Å². The van der Waals surface area contributed by atoms with Gasteiger partial charge >= 0.3 is 0 Å². The van der Waals surface area contributed by atoms with Crippen molar-refractivity contribution in [3.8, 4) is 0 Å². The first-order chi connectivity index (χ1) is 9.28. The van der Waals surface area contributed by atoms with Crippen LogP contribution in [0.3, 0.4) is 0 Å². The van der Waals surface area contributed by atoms with E-state index in [1.807, 2.05) is 0 Å². The summed E-state index contributed by atoms with van der Waals surface area (Å²) in [6.45, 7) is 11.3. The van der Waals surface area contributed by atoms with Crippen molar-refractivity contribution in [1.29, 1.82) is 0 Å². The number of hydrogen-bond donors (Lipinski definition) is 1. The van der Waals surface area contributed by atoms with Crippen LogP contribution in [0.2, 0.25) is 0 Å². The SMILES string of the molecule is CC(CN)CN1CCCN(CCC2CCCO2)CC1. The van der Waals surface area contributed by atoms with Gasteiger partial charge in [-0.05, 0) is 51.2 Å². The van der Waals surface area contributed by atoms with Crippen LogP contribution < -0.4 is 5.73 Å². The zero-order chi connectivity index (χ0) is 13.5. The summed E-state index contributed by atoms with van der Waals surface area (Å²) in [5.74, 6) is 0.624. The monoisotopic (exact) mass is 269 g/mol. The molecule has 2 atom stereocenters. The van der Waals surface area contributed by atoms with Crippen LogP contribution in [0.5, 0.6) is 0 Å². The van der Waals surface area contributed by atoms with Crippen LogP contribution in [-0.2, 0) is 4.74 Å². The van der Waals surface area contributed by atoms with Crippen molar-refractivity contribution in [1.82, 2.24) is 9.80 Å². The third-order valence-corrected chi connectivity index (χ3v) is 4.44. The second kappa shape index (κ2) is 8.20. The molecule has 0 amide bonds. The largest absolute Gasteiger partial charge is 0.378 e. The predicted molar refractivity (Wildman–Crippen MR) is 79.3 cm³/mol. The predicted octanol–water partition coefficient (Wildman–Crippen LogP) is 1.16. The molecule has 0 aromatic rings. The highest BCUT2D eigenvalue weighted by atomic mass is 16.5. The quantitative estimate of drug-likeness (QED) is 0.786. The molecule has 2 saturated heterocycles. The molecule has 0 spiro atoms. The number of rotatable bonds is 6. The molecule has 4 heteroatoms. The van der Waals surface area contributed by atoms with E-state index in [4.69, 9.17) is 10.5 Å². The first-order valence-electron chi connectivity index (χ1n) is 8.04. The Morgan fingerprint density at radius 2 is 1.95 bits per heavy atom. The van der Waals surface area contributed by atoms with E-state index in [9.17, 15) is 0 Å². The fourth-order valence-corrected chi connectivity index (χ4v) is 3.14. The zero-order valence-corrected chi connectivity index (χ0v) is 12.5. The molecule has 0 bridgehead atoms. The topological polar surface area (TPSA) is 41.7 Å². The van der Waals surface area contributed by atoms with Crippen molar-refractivity contribution in [3.63, 3.8) is 0 Å². The lowest BCUT2D eigenvalue weighted by Gasteiger charge is -2.24. The third kappa shape index (κ3) is 5.38. The molecule has 2 unspecified atom stereocenters. The molecule has 0 radical (unpaired) electrons. The van der Waals surface area contributed by atoms with Gasteiger partial charge in [0.2, 0.25) is 0 Å². The number of nitrogens with zero attached hydrogens (tertiary/aromatic N) is 2. The Labute approximate surface area is 118 Å². The molecule has 2 heterocycles. The van der Waals surface area contributed by atoms with Crippen molar-refractivity contribution < 1.29 is 4.74 Å². The fourth-order valence-electron chi connectivity index (χ4n) is 3.14. The van der Waals surface area contributed by atoms with Crippen molar-refractivity contribution in [3.05, 3.63) is 0 Å². The summed E-state index contributed by atoms with van der Waals surface area (Å²) in [5, 5.41) is 0. The fraction of sp³-hybridized carbons (Fsp3) is 1.00. The van der Waals surface area contributed by atoms with Crippen LogP contribution >= 0.6 is 0 Å². The zero-order valence-electron chi connectivity index (χ0n) is 12.5. The Morgan fingerprint density at radius 1 is 1.16 bits per heavy atom. The Hall–Kier alpha value is -0.160. The minimum Gasteiger partial charge on any atom is -0.378 e. The minimum atomic E-state index is 0.539. The second-order valence-corrected chi connectivity index (χ2v) is 6.26. The van der Waals surface area contributed by atoms with Crippen molar-refractivity contribution in [2.75, 3.05) is 52.4 Å². The highest BCUT2D eigenvalue weighted by molar-refractivity contribution is 4.73. The third-order valence-electron chi connectivity index (χ3n) is 4.44. The van der Waals surface area contributed by atoms with Crippen LogP contribution in [0.25, 0.3) is 0 Å². The van der Waals surface area contributed by atoms with E-state index in [1.165, 1.54) is 58.4 Å². The summed E-state index contributed by atoms with van der Waals surface area (Å²) < 4.78 is 5.71. The molecular formula is C15H31N3O. The lowest BCUT2D eigenvalue weighted by molar-refractivity contribution is 0.0923. The first-order valence-corrected chi connectivity index (χ1v) is 8.04. The molecule has 19 heavy (non-hydrogen) atoms. The molecule has 4 nitrogen and oxygen atoms in total. The van der Waals surface area contributed by atoms with E-state index in [1.54, 1.807) is 0 Å². The maximum atomic E-state index is 5.72. The molecule has 0 aliphatic carbocycles. The maximum Gasteiger partial charge on any atom is 0.0588 e. The van der Waals surface area contributed by atoms with Crippen LogP contribution in [0.15, 0.2) is 0 Å². The average molecular weight is 269 g/mol. The standard InChI is InChI=1S/C15H31N3O/c1-14(12-16)13-18-7-3-6-17(9-10-18)8-5-15-4-2-11-19-15/h14-15H,2-13,16H2,1H3. The van der Waals surface area contributed by atoms with E-state index < -0.39 is 0 Å². The van der Waals surface area contributed by atoms with Gasteiger partial charge in [-0.15, -0.1) is 0 Å². The van der Waals surface area contributed by atoms with Crippen molar-refractivity contribution >= 4 is 0 Å². The van der Waals surface area contributed by atoms with Crippen LogP contribution in [0.4, 0.5) is 0 Å². The molecule has 2 fully saturated rings. The summed E-state index contributed by atoms with van der Waals surface area (Å²) in [5.41, 5.74) is 5.72. The van der Waals surface area contributed by atoms with Gasteiger partial charge in [0.05, 0.1) is 6.10 Å². The average Bonchev–Trinajstić information content (AvgIpc) is 2.84. The first kappa shape index (κ1) is 15.2. The second-order valence-electron chi connectivity index (χ2n) is 6.26. The minimum absolute atomic E-state index is 0.539. The van der Waals surface area contributed by atoms with Gasteiger partial charge in [-0.3, -0.25) is 0 Å². The van der Waals surface area contributed by atoms with E-state index in [-0.39, 0.29) is 0 Å². The number of ether oxygens (including phenoxy) is 1. The van der Waals surface area contributed by atoms with Gasteiger partial charge in [-0.2, -0.15) is 0 Å². The van der Waals surface area contributed by atoms with Gasteiger partial charge in [0.15, 0.2) is 0 Å². The van der Waals surface area contributed by atoms with E-state index >= 15 is 0 Å². The molecule has 2 aliphatic rings. The maximum absolute atomic E-state index is 5.72. The van der Waals surface area contributed by atoms with Gasteiger partial charge in [0, 0.05) is 32.8 Å². The van der Waals surface area contributed by atoms with Gasteiger partial charge in [-0.1, -0.05) is 6.92 Å². The molecule has 2 rings (SSSR count). The molecule has 0 saturated carbocycles. The van der Waals surface area contributed by atoms with Crippen LogP contribution in [0, 0.1) is 5.92 Å². The molecule has 2 aliphatic heterocycles.